The summed E-state index contributed by atoms with van der Waals surface area (Å²) in [4.78, 5) is 26.0. The van der Waals surface area contributed by atoms with E-state index in [0.29, 0.717) is 46.5 Å². The van der Waals surface area contributed by atoms with E-state index in [1.165, 1.54) is 7.05 Å². The smallest absolute Gasteiger partial charge is 0.412 e. The van der Waals surface area contributed by atoms with E-state index in [9.17, 15) is 9.59 Å². The van der Waals surface area contributed by atoms with Crippen LogP contribution in [0, 0.1) is 11.8 Å². The Morgan fingerprint density at radius 2 is 1.77 bits per heavy atom. The van der Waals surface area contributed by atoms with Crippen molar-refractivity contribution in [3.63, 3.8) is 0 Å². The Morgan fingerprint density at radius 1 is 0.971 bits per heavy atom. The molecule has 0 bridgehead atoms. The molecule has 4 rings (SSSR count). The van der Waals surface area contributed by atoms with Crippen molar-refractivity contribution >= 4 is 40.4 Å². The van der Waals surface area contributed by atoms with Gasteiger partial charge in [-0.25, -0.2) is 4.79 Å². The van der Waals surface area contributed by atoms with Gasteiger partial charge in [0.25, 0.3) is 0 Å². The molecule has 180 valence electrons. The third-order valence-corrected chi connectivity index (χ3v) is 5.10. The first-order valence-electron chi connectivity index (χ1n) is 10.7. The lowest BCUT2D eigenvalue weighted by molar-refractivity contribution is 0.203. The molecule has 0 saturated heterocycles. The average Bonchev–Trinajstić information content (AvgIpc) is 2.84. The van der Waals surface area contributed by atoms with Crippen LogP contribution in [-0.2, 0) is 6.54 Å². The topological polar surface area (TPSA) is 81.0 Å². The van der Waals surface area contributed by atoms with Crippen LogP contribution in [0.4, 0.5) is 4.79 Å². The van der Waals surface area contributed by atoms with Crippen molar-refractivity contribution in [2.75, 3.05) is 27.2 Å². The van der Waals surface area contributed by atoms with E-state index in [4.69, 9.17) is 13.9 Å². The van der Waals surface area contributed by atoms with Crippen LogP contribution in [0.25, 0.3) is 21.9 Å². The van der Waals surface area contributed by atoms with Gasteiger partial charge in [-0.05, 0) is 49.0 Å². The molecular weight excluding hydrogens is 468 g/mol. The van der Waals surface area contributed by atoms with E-state index in [-0.39, 0.29) is 24.4 Å². The second-order valence-electron chi connectivity index (χ2n) is 7.69. The van der Waals surface area contributed by atoms with Gasteiger partial charge in [0.15, 0.2) is 0 Å². The lowest BCUT2D eigenvalue weighted by atomic mass is 10.1. The van der Waals surface area contributed by atoms with Crippen molar-refractivity contribution in [1.29, 1.82) is 0 Å². The van der Waals surface area contributed by atoms with Crippen molar-refractivity contribution in [1.82, 2.24) is 10.2 Å². The van der Waals surface area contributed by atoms with E-state index in [0.717, 1.165) is 5.56 Å². The summed E-state index contributed by atoms with van der Waals surface area (Å²) in [5.74, 6) is 7.16. The molecule has 0 atom stereocenters. The molecule has 35 heavy (non-hydrogen) atoms. The first-order valence-corrected chi connectivity index (χ1v) is 10.7. The molecule has 1 aromatic heterocycles. The van der Waals surface area contributed by atoms with Gasteiger partial charge in [0, 0.05) is 19.7 Å². The molecule has 7 nitrogen and oxygen atoms in total. The molecule has 3 aromatic carbocycles. The summed E-state index contributed by atoms with van der Waals surface area (Å²) in [6.45, 7) is 1.41. The predicted octanol–water partition coefficient (Wildman–Crippen LogP) is 4.60. The summed E-state index contributed by atoms with van der Waals surface area (Å²) in [5, 5.41) is 3.50. The highest BCUT2D eigenvalue weighted by Crippen LogP contribution is 2.22. The molecule has 0 radical (unpaired) electrons. The maximum atomic E-state index is 12.6. The standard InChI is InChI=1S/C27H24N2O5.ClH/c1-28-27(31)33-21-9-7-8-19(16-21)18-29(2)14-5-6-15-32-20-12-13-23-25(17-20)34-24-11-4-3-10-22(24)26(23)30;/h3-4,7-13,16-17H,14-15,18H2,1-2H3,(H,28,31);1H. The van der Waals surface area contributed by atoms with E-state index in [1.54, 1.807) is 36.4 Å². The Morgan fingerprint density at radius 3 is 2.60 bits per heavy atom. The van der Waals surface area contributed by atoms with Crippen molar-refractivity contribution < 1.29 is 18.7 Å². The highest BCUT2D eigenvalue weighted by atomic mass is 35.5. The molecule has 0 saturated carbocycles. The van der Waals surface area contributed by atoms with E-state index >= 15 is 0 Å². The normalized spacial score (nSPS) is 10.4. The number of benzene rings is 3. The molecule has 0 spiro atoms. The van der Waals surface area contributed by atoms with Crippen LogP contribution in [-0.4, -0.2) is 38.2 Å². The SMILES string of the molecule is CNC(=O)Oc1cccc(CN(C)CC#CCOc2ccc3c(=O)c4ccccc4oc3c2)c1.Cl. The first kappa shape index (κ1) is 25.6. The van der Waals surface area contributed by atoms with E-state index in [1.807, 2.05) is 42.3 Å². The van der Waals surface area contributed by atoms with Crippen molar-refractivity contribution in [2.45, 2.75) is 6.54 Å². The minimum atomic E-state index is -0.502. The maximum absolute atomic E-state index is 12.6. The number of amides is 1. The number of ether oxygens (including phenoxy) is 2. The van der Waals surface area contributed by atoms with Crippen molar-refractivity contribution in [2.24, 2.45) is 0 Å². The Kier molecular flexibility index (Phi) is 8.74. The zero-order chi connectivity index (χ0) is 23.9. The summed E-state index contributed by atoms with van der Waals surface area (Å²) >= 11 is 0. The zero-order valence-corrected chi connectivity index (χ0v) is 20.2. The number of carbonyl (C=O) groups is 1. The Labute approximate surface area is 209 Å². The minimum absolute atomic E-state index is 0. The van der Waals surface area contributed by atoms with Crippen molar-refractivity contribution in [3.05, 3.63) is 82.5 Å². The van der Waals surface area contributed by atoms with Gasteiger partial charge < -0.3 is 19.2 Å². The van der Waals surface area contributed by atoms with E-state index < -0.39 is 6.09 Å². The molecule has 1 N–H and O–H groups in total. The number of carbonyl (C=O) groups excluding carboxylic acids is 1. The molecule has 0 unspecified atom stereocenters. The number of nitrogens with zero attached hydrogens (tertiary/aromatic N) is 1. The van der Waals surface area contributed by atoms with Gasteiger partial charge in [0.1, 0.15) is 29.3 Å². The summed E-state index contributed by atoms with van der Waals surface area (Å²) in [6, 6.07) is 19.7. The quantitative estimate of drug-likeness (QED) is 0.313. The van der Waals surface area contributed by atoms with Gasteiger partial charge in [-0.2, -0.15) is 0 Å². The number of hydrogen-bond donors (Lipinski definition) is 1. The minimum Gasteiger partial charge on any atom is -0.481 e. The zero-order valence-electron chi connectivity index (χ0n) is 19.4. The third kappa shape index (κ3) is 6.54. The van der Waals surface area contributed by atoms with Crippen LogP contribution in [0.15, 0.2) is 75.9 Å². The largest absolute Gasteiger partial charge is 0.481 e. The second kappa shape index (κ2) is 11.9. The molecule has 0 aliphatic rings. The summed E-state index contributed by atoms with van der Waals surface area (Å²) < 4.78 is 16.7. The van der Waals surface area contributed by atoms with Gasteiger partial charge in [-0.1, -0.05) is 36.1 Å². The Hall–Kier alpha value is -3.99. The fraction of sp³-hybridized carbons (Fsp3) is 0.185. The highest BCUT2D eigenvalue weighted by molar-refractivity contribution is 5.90. The molecule has 8 heteroatoms. The van der Waals surface area contributed by atoms with Crippen LogP contribution < -0.4 is 20.2 Å². The summed E-state index contributed by atoms with van der Waals surface area (Å²) in [5.41, 5.74) is 1.98. The van der Waals surface area contributed by atoms with Crippen LogP contribution >= 0.6 is 12.4 Å². The van der Waals surface area contributed by atoms with Gasteiger partial charge in [0.05, 0.1) is 17.3 Å². The summed E-state index contributed by atoms with van der Waals surface area (Å²) in [6.07, 6.45) is -0.502. The second-order valence-corrected chi connectivity index (χ2v) is 7.69. The number of halogens is 1. The van der Waals surface area contributed by atoms with Crippen LogP contribution in [0.3, 0.4) is 0 Å². The lowest BCUT2D eigenvalue weighted by Gasteiger charge is -2.14. The number of fused-ring (bicyclic) bond motifs is 2. The summed E-state index contributed by atoms with van der Waals surface area (Å²) in [7, 11) is 3.47. The van der Waals surface area contributed by atoms with Crippen LogP contribution in [0.2, 0.25) is 0 Å². The monoisotopic (exact) mass is 492 g/mol. The van der Waals surface area contributed by atoms with Gasteiger partial charge >= 0.3 is 6.09 Å². The molecule has 0 fully saturated rings. The average molecular weight is 493 g/mol. The number of rotatable bonds is 6. The number of hydrogen-bond acceptors (Lipinski definition) is 6. The number of nitrogens with one attached hydrogen (secondary N) is 1. The Balaban J connectivity index is 0.00000342. The molecule has 1 amide bonds. The fourth-order valence-electron chi connectivity index (χ4n) is 3.47. The number of para-hydroxylation sites is 1. The van der Waals surface area contributed by atoms with Gasteiger partial charge in [0.2, 0.25) is 5.43 Å². The maximum Gasteiger partial charge on any atom is 0.412 e. The van der Waals surface area contributed by atoms with Gasteiger partial charge in [-0.15, -0.1) is 12.4 Å². The fourth-order valence-corrected chi connectivity index (χ4v) is 3.47. The van der Waals surface area contributed by atoms with Crippen molar-refractivity contribution in [3.8, 4) is 23.3 Å². The predicted molar refractivity (Wildman–Crippen MR) is 138 cm³/mol. The molecule has 4 aromatic rings. The highest BCUT2D eigenvalue weighted by Gasteiger charge is 2.08. The van der Waals surface area contributed by atoms with E-state index in [2.05, 4.69) is 17.2 Å². The molecule has 0 aliphatic carbocycles. The van der Waals surface area contributed by atoms with Crippen LogP contribution in [0.5, 0.6) is 11.5 Å². The third-order valence-electron chi connectivity index (χ3n) is 5.10. The van der Waals surface area contributed by atoms with Gasteiger partial charge in [-0.3, -0.25) is 9.69 Å². The molecular formula is C27H25ClN2O5. The van der Waals surface area contributed by atoms with Crippen LogP contribution in [0.1, 0.15) is 5.56 Å². The molecule has 0 aliphatic heterocycles. The lowest BCUT2D eigenvalue weighted by Crippen LogP contribution is -2.22. The Bertz CT molecular complexity index is 1450. The molecule has 1 heterocycles. The first-order chi connectivity index (χ1) is 16.5.